The first-order valence-corrected chi connectivity index (χ1v) is 8.53. The highest BCUT2D eigenvalue weighted by Crippen LogP contribution is 2.28. The minimum absolute atomic E-state index is 0.0819. The van der Waals surface area contributed by atoms with E-state index in [2.05, 4.69) is 9.97 Å². The van der Waals surface area contributed by atoms with E-state index < -0.39 is 9.84 Å². The first kappa shape index (κ1) is 13.1. The van der Waals surface area contributed by atoms with Crippen molar-refractivity contribution >= 4 is 44.8 Å². The number of aromatic nitrogens is 3. The van der Waals surface area contributed by atoms with Gasteiger partial charge >= 0.3 is 0 Å². The summed E-state index contributed by atoms with van der Waals surface area (Å²) in [7, 11) is -2.88. The number of aromatic amines is 1. The molecular formula is C11H12ClN3O2S2. The third kappa shape index (κ3) is 2.42. The van der Waals surface area contributed by atoms with Crippen LogP contribution >= 0.6 is 23.8 Å². The Morgan fingerprint density at radius 3 is 2.79 bits per heavy atom. The van der Waals surface area contributed by atoms with Gasteiger partial charge in [-0.1, -0.05) is 11.6 Å². The van der Waals surface area contributed by atoms with Crippen LogP contribution in [0.15, 0.2) is 12.3 Å². The lowest BCUT2D eigenvalue weighted by Gasteiger charge is -2.23. The molecule has 1 N–H and O–H groups in total. The fourth-order valence-electron chi connectivity index (χ4n) is 2.46. The molecule has 3 rings (SSSR count). The number of pyridine rings is 1. The molecule has 0 aliphatic carbocycles. The highest BCUT2D eigenvalue weighted by molar-refractivity contribution is 7.91. The second-order valence-corrected chi connectivity index (χ2v) is 7.83. The minimum Gasteiger partial charge on any atom is -0.329 e. The van der Waals surface area contributed by atoms with Gasteiger partial charge in [0.05, 0.1) is 22.0 Å². The lowest BCUT2D eigenvalue weighted by atomic mass is 10.1. The molecular weight excluding hydrogens is 306 g/mol. The zero-order valence-corrected chi connectivity index (χ0v) is 12.4. The summed E-state index contributed by atoms with van der Waals surface area (Å²) in [4.78, 5) is 7.36. The molecule has 3 heterocycles. The maximum Gasteiger partial charge on any atom is 0.179 e. The average molecular weight is 318 g/mol. The smallest absolute Gasteiger partial charge is 0.179 e. The first-order valence-electron chi connectivity index (χ1n) is 5.92. The van der Waals surface area contributed by atoms with Crippen LogP contribution in [0.2, 0.25) is 5.02 Å². The molecule has 1 aliphatic heterocycles. The largest absolute Gasteiger partial charge is 0.329 e. The van der Waals surface area contributed by atoms with E-state index in [9.17, 15) is 8.42 Å². The van der Waals surface area contributed by atoms with E-state index in [1.165, 1.54) is 0 Å². The Labute approximate surface area is 120 Å². The van der Waals surface area contributed by atoms with Gasteiger partial charge in [0.2, 0.25) is 0 Å². The number of H-pyrrole nitrogens is 1. The van der Waals surface area contributed by atoms with Gasteiger partial charge in [0.1, 0.15) is 9.84 Å². The minimum atomic E-state index is -2.88. The third-order valence-corrected chi connectivity index (χ3v) is 5.63. The summed E-state index contributed by atoms with van der Waals surface area (Å²) in [6, 6.07) is 1.86. The standard InChI is InChI=1S/C11H12ClN3O2S2/c12-7-5-9-10(13-6-7)15(11(18)14-9)8-1-3-19(16,17)4-2-8/h5-6,8H,1-4H2,(H,14,18). The topological polar surface area (TPSA) is 67.8 Å². The second-order valence-electron chi connectivity index (χ2n) is 4.71. The second kappa shape index (κ2) is 4.57. The summed E-state index contributed by atoms with van der Waals surface area (Å²) >= 11 is 11.2. The van der Waals surface area contributed by atoms with Crippen molar-refractivity contribution in [3.05, 3.63) is 22.1 Å². The van der Waals surface area contributed by atoms with Crippen LogP contribution in [-0.4, -0.2) is 34.5 Å². The molecule has 102 valence electrons. The molecule has 8 heteroatoms. The van der Waals surface area contributed by atoms with E-state index in [-0.39, 0.29) is 17.5 Å². The number of rotatable bonds is 1. The van der Waals surface area contributed by atoms with Crippen LogP contribution in [0.4, 0.5) is 0 Å². The lowest BCUT2D eigenvalue weighted by molar-refractivity contribution is 0.453. The molecule has 0 unspecified atom stereocenters. The van der Waals surface area contributed by atoms with Crippen LogP contribution in [0.25, 0.3) is 11.2 Å². The average Bonchev–Trinajstić information content (AvgIpc) is 2.65. The summed E-state index contributed by atoms with van der Waals surface area (Å²) in [5, 5.41) is 0.544. The number of sulfone groups is 1. The van der Waals surface area contributed by atoms with Crippen molar-refractivity contribution in [3.8, 4) is 0 Å². The molecule has 1 saturated heterocycles. The monoisotopic (exact) mass is 317 g/mol. The van der Waals surface area contributed by atoms with Gasteiger partial charge in [-0.05, 0) is 31.1 Å². The van der Waals surface area contributed by atoms with E-state index in [0.29, 0.717) is 22.6 Å². The van der Waals surface area contributed by atoms with Crippen molar-refractivity contribution < 1.29 is 8.42 Å². The van der Waals surface area contributed by atoms with Gasteiger partial charge in [-0.2, -0.15) is 0 Å². The molecule has 5 nitrogen and oxygen atoms in total. The number of nitrogens with zero attached hydrogens (tertiary/aromatic N) is 2. The predicted molar refractivity (Wildman–Crippen MR) is 76.9 cm³/mol. The number of nitrogens with one attached hydrogen (secondary N) is 1. The molecule has 0 spiro atoms. The van der Waals surface area contributed by atoms with Crippen molar-refractivity contribution in [2.75, 3.05) is 11.5 Å². The summed E-state index contributed by atoms with van der Waals surface area (Å²) in [6.45, 7) is 0. The SMILES string of the molecule is O=S1(=O)CCC(n2c(=S)[nH]c3cc(Cl)cnc32)CC1. The maximum absolute atomic E-state index is 11.5. The van der Waals surface area contributed by atoms with E-state index in [1.54, 1.807) is 12.3 Å². The van der Waals surface area contributed by atoms with Gasteiger partial charge in [0.15, 0.2) is 10.4 Å². The summed E-state index contributed by atoms with van der Waals surface area (Å²) in [5.41, 5.74) is 1.52. The van der Waals surface area contributed by atoms with Gasteiger partial charge < -0.3 is 4.98 Å². The van der Waals surface area contributed by atoms with Crippen molar-refractivity contribution in [1.29, 1.82) is 0 Å². The molecule has 1 aliphatic rings. The molecule has 0 amide bonds. The fourth-order valence-corrected chi connectivity index (χ4v) is 4.43. The van der Waals surface area contributed by atoms with Crippen molar-refractivity contribution in [3.63, 3.8) is 0 Å². The molecule has 19 heavy (non-hydrogen) atoms. The van der Waals surface area contributed by atoms with Crippen LogP contribution in [0.5, 0.6) is 0 Å². The predicted octanol–water partition coefficient (Wildman–Crippen LogP) is 2.50. The molecule has 0 atom stereocenters. The summed E-state index contributed by atoms with van der Waals surface area (Å²) in [5.74, 6) is 0.416. The van der Waals surface area contributed by atoms with E-state index in [1.807, 2.05) is 4.57 Å². The first-order chi connectivity index (χ1) is 8.96. The van der Waals surface area contributed by atoms with Crippen LogP contribution in [0.1, 0.15) is 18.9 Å². The Balaban J connectivity index is 2.06. The number of hydrogen-bond acceptors (Lipinski definition) is 4. The Morgan fingerprint density at radius 2 is 2.11 bits per heavy atom. The Bertz CT molecular complexity index is 780. The molecule has 2 aromatic heterocycles. The number of hydrogen-bond donors (Lipinski definition) is 1. The summed E-state index contributed by atoms with van der Waals surface area (Å²) in [6.07, 6.45) is 2.73. The third-order valence-electron chi connectivity index (χ3n) is 3.41. The maximum atomic E-state index is 11.5. The zero-order chi connectivity index (χ0) is 13.6. The van der Waals surface area contributed by atoms with Crippen LogP contribution in [0.3, 0.4) is 0 Å². The van der Waals surface area contributed by atoms with Gasteiger partial charge in [0, 0.05) is 12.2 Å². The highest BCUT2D eigenvalue weighted by atomic mass is 35.5. The molecule has 2 aromatic rings. The molecule has 0 saturated carbocycles. The Hall–Kier alpha value is -0.920. The van der Waals surface area contributed by atoms with Crippen LogP contribution < -0.4 is 0 Å². The van der Waals surface area contributed by atoms with Gasteiger partial charge in [-0.25, -0.2) is 13.4 Å². The van der Waals surface area contributed by atoms with Crippen molar-refractivity contribution in [1.82, 2.24) is 14.5 Å². The van der Waals surface area contributed by atoms with Gasteiger partial charge in [-0.3, -0.25) is 4.57 Å². The lowest BCUT2D eigenvalue weighted by Crippen LogP contribution is -2.25. The normalized spacial score (nSPS) is 19.8. The molecule has 0 aromatic carbocycles. The quantitative estimate of drug-likeness (QED) is 0.821. The highest BCUT2D eigenvalue weighted by Gasteiger charge is 2.26. The Morgan fingerprint density at radius 1 is 1.42 bits per heavy atom. The number of imidazole rings is 1. The van der Waals surface area contributed by atoms with E-state index >= 15 is 0 Å². The van der Waals surface area contributed by atoms with E-state index in [4.69, 9.17) is 23.8 Å². The number of halogens is 1. The van der Waals surface area contributed by atoms with Crippen molar-refractivity contribution in [2.24, 2.45) is 0 Å². The molecule has 1 fully saturated rings. The summed E-state index contributed by atoms with van der Waals surface area (Å²) < 4.78 is 25.4. The van der Waals surface area contributed by atoms with Crippen molar-refractivity contribution in [2.45, 2.75) is 18.9 Å². The molecule has 0 radical (unpaired) electrons. The zero-order valence-electron chi connectivity index (χ0n) is 9.97. The number of fused-ring (bicyclic) bond motifs is 1. The Kier molecular flexibility index (Phi) is 3.15. The van der Waals surface area contributed by atoms with Gasteiger partial charge in [-0.15, -0.1) is 0 Å². The van der Waals surface area contributed by atoms with Gasteiger partial charge in [0.25, 0.3) is 0 Å². The van der Waals surface area contributed by atoms with E-state index in [0.717, 1.165) is 11.2 Å². The fraction of sp³-hybridized carbons (Fsp3) is 0.455. The van der Waals surface area contributed by atoms with Crippen LogP contribution in [-0.2, 0) is 9.84 Å². The van der Waals surface area contributed by atoms with Crippen LogP contribution in [0, 0.1) is 4.77 Å². The molecule has 0 bridgehead atoms.